The number of likely N-dealkylation sites (tertiary alicyclic amines) is 1. The number of amides is 3. The second kappa shape index (κ2) is 10.2. The summed E-state index contributed by atoms with van der Waals surface area (Å²) in [6.45, 7) is 4.03. The molecule has 6 nitrogen and oxygen atoms in total. The predicted molar refractivity (Wildman–Crippen MR) is 98.5 cm³/mol. The monoisotopic (exact) mass is 354 g/mol. The number of halogens is 1. The Morgan fingerprint density at radius 3 is 2.42 bits per heavy atom. The molecule has 1 atom stereocenters. The van der Waals surface area contributed by atoms with Crippen molar-refractivity contribution in [3.63, 3.8) is 0 Å². The van der Waals surface area contributed by atoms with Gasteiger partial charge in [-0.3, -0.25) is 4.79 Å². The number of hydrogen-bond donors (Lipinski definition) is 3. The molecule has 1 aliphatic heterocycles. The Labute approximate surface area is 149 Å². The molecule has 0 radical (unpaired) electrons. The van der Waals surface area contributed by atoms with Gasteiger partial charge in [0.15, 0.2) is 0 Å². The van der Waals surface area contributed by atoms with Crippen molar-refractivity contribution < 1.29 is 9.59 Å². The molecule has 1 fully saturated rings. The minimum atomic E-state index is -0.190. The molecule has 1 heterocycles. The van der Waals surface area contributed by atoms with Gasteiger partial charge < -0.3 is 20.9 Å². The molecule has 3 N–H and O–H groups in total. The highest BCUT2D eigenvalue weighted by Crippen LogP contribution is 2.14. The lowest BCUT2D eigenvalue weighted by Crippen LogP contribution is -2.49. The van der Waals surface area contributed by atoms with Crippen molar-refractivity contribution in [2.24, 2.45) is 5.92 Å². The molecule has 1 aromatic carbocycles. The highest BCUT2D eigenvalue weighted by Gasteiger charge is 2.26. The number of anilines is 1. The van der Waals surface area contributed by atoms with Gasteiger partial charge in [-0.15, -0.1) is 12.4 Å². The summed E-state index contributed by atoms with van der Waals surface area (Å²) < 4.78 is 0. The fourth-order valence-corrected chi connectivity index (χ4v) is 2.82. The zero-order valence-corrected chi connectivity index (χ0v) is 15.1. The van der Waals surface area contributed by atoms with E-state index in [0.717, 1.165) is 18.5 Å². The first-order valence-corrected chi connectivity index (χ1v) is 8.16. The molecule has 0 spiro atoms. The summed E-state index contributed by atoms with van der Waals surface area (Å²) in [5.41, 5.74) is 0.776. The van der Waals surface area contributed by atoms with Crippen LogP contribution in [0.4, 0.5) is 10.5 Å². The van der Waals surface area contributed by atoms with E-state index >= 15 is 0 Å². The lowest BCUT2D eigenvalue weighted by atomic mass is 10.0. The molecule has 0 aliphatic carbocycles. The van der Waals surface area contributed by atoms with Gasteiger partial charge >= 0.3 is 6.03 Å². The number of piperidine rings is 1. The standard InChI is InChI=1S/C17H26N4O2.ClH/c1-13(12-18-2)16(22)21-10-8-15(9-11-21)20-17(23)19-14-6-4-3-5-7-14;/h3-7,13,15,18H,8-12H2,1-2H3,(H2,19,20,23);1H. The SMILES string of the molecule is CNCC(C)C(=O)N1CCC(NC(=O)Nc2ccccc2)CC1.Cl. The van der Waals surface area contributed by atoms with Crippen molar-refractivity contribution in [2.75, 3.05) is 32.0 Å². The van der Waals surface area contributed by atoms with Gasteiger partial charge in [-0.25, -0.2) is 4.79 Å². The third kappa shape index (κ3) is 6.02. The van der Waals surface area contributed by atoms with Gasteiger partial charge in [-0.2, -0.15) is 0 Å². The van der Waals surface area contributed by atoms with Gasteiger partial charge in [0.25, 0.3) is 0 Å². The van der Waals surface area contributed by atoms with E-state index in [1.807, 2.05) is 49.2 Å². The van der Waals surface area contributed by atoms with Gasteiger partial charge in [0, 0.05) is 37.3 Å². The summed E-state index contributed by atoms with van der Waals surface area (Å²) in [7, 11) is 1.85. The molecule has 0 aromatic heterocycles. The van der Waals surface area contributed by atoms with E-state index in [9.17, 15) is 9.59 Å². The van der Waals surface area contributed by atoms with Crippen LogP contribution < -0.4 is 16.0 Å². The Bertz CT molecular complexity index is 519. The zero-order valence-electron chi connectivity index (χ0n) is 14.2. The zero-order chi connectivity index (χ0) is 16.7. The highest BCUT2D eigenvalue weighted by molar-refractivity contribution is 5.89. The minimum Gasteiger partial charge on any atom is -0.342 e. The van der Waals surface area contributed by atoms with E-state index in [4.69, 9.17) is 0 Å². The van der Waals surface area contributed by atoms with Crippen molar-refractivity contribution in [1.82, 2.24) is 15.5 Å². The average Bonchev–Trinajstić information content (AvgIpc) is 2.56. The third-order valence-corrected chi connectivity index (χ3v) is 4.11. The Morgan fingerprint density at radius 2 is 1.83 bits per heavy atom. The first kappa shape index (κ1) is 20.3. The second-order valence-corrected chi connectivity index (χ2v) is 6.02. The quantitative estimate of drug-likeness (QED) is 0.758. The lowest BCUT2D eigenvalue weighted by molar-refractivity contribution is -0.135. The Kier molecular flexibility index (Phi) is 8.57. The summed E-state index contributed by atoms with van der Waals surface area (Å²) in [5, 5.41) is 8.83. The summed E-state index contributed by atoms with van der Waals surface area (Å²) >= 11 is 0. The number of nitrogens with zero attached hydrogens (tertiary/aromatic N) is 1. The van der Waals surface area contributed by atoms with Crippen LogP contribution in [-0.4, -0.2) is 49.6 Å². The molecule has 0 bridgehead atoms. The van der Waals surface area contributed by atoms with Crippen LogP contribution in [0.15, 0.2) is 30.3 Å². The predicted octanol–water partition coefficient (Wildman–Crippen LogP) is 2.08. The number of para-hydroxylation sites is 1. The molecular weight excluding hydrogens is 328 g/mol. The van der Waals surface area contributed by atoms with Crippen LogP contribution >= 0.6 is 12.4 Å². The number of rotatable bonds is 5. The van der Waals surface area contributed by atoms with Crippen molar-refractivity contribution in [1.29, 1.82) is 0 Å². The van der Waals surface area contributed by atoms with Gasteiger partial charge in [0.05, 0.1) is 0 Å². The van der Waals surface area contributed by atoms with Crippen molar-refractivity contribution in [2.45, 2.75) is 25.8 Å². The van der Waals surface area contributed by atoms with E-state index in [-0.39, 0.29) is 36.3 Å². The summed E-state index contributed by atoms with van der Waals surface area (Å²) in [6, 6.07) is 9.30. The third-order valence-electron chi connectivity index (χ3n) is 4.11. The highest BCUT2D eigenvalue weighted by atomic mass is 35.5. The maximum atomic E-state index is 12.2. The number of hydrogen-bond acceptors (Lipinski definition) is 3. The van der Waals surface area contributed by atoms with Gasteiger partial charge in [-0.05, 0) is 32.0 Å². The smallest absolute Gasteiger partial charge is 0.319 e. The number of benzene rings is 1. The second-order valence-electron chi connectivity index (χ2n) is 6.02. The first-order chi connectivity index (χ1) is 11.1. The van der Waals surface area contributed by atoms with Crippen LogP contribution in [0.25, 0.3) is 0 Å². The van der Waals surface area contributed by atoms with Crippen LogP contribution in [0.1, 0.15) is 19.8 Å². The maximum Gasteiger partial charge on any atom is 0.319 e. The Hall–Kier alpha value is -1.79. The maximum absolute atomic E-state index is 12.2. The average molecular weight is 355 g/mol. The Balaban J connectivity index is 0.00000288. The van der Waals surface area contributed by atoms with Crippen LogP contribution in [0.5, 0.6) is 0 Å². The van der Waals surface area contributed by atoms with Crippen LogP contribution in [-0.2, 0) is 4.79 Å². The number of carbonyl (C=O) groups excluding carboxylic acids is 2. The van der Waals surface area contributed by atoms with E-state index in [1.165, 1.54) is 0 Å². The normalized spacial score (nSPS) is 16.0. The first-order valence-electron chi connectivity index (χ1n) is 8.16. The van der Waals surface area contributed by atoms with Crippen molar-refractivity contribution >= 4 is 30.0 Å². The van der Waals surface area contributed by atoms with E-state index in [1.54, 1.807) is 0 Å². The van der Waals surface area contributed by atoms with Crippen LogP contribution in [0, 0.1) is 5.92 Å². The fourth-order valence-electron chi connectivity index (χ4n) is 2.82. The molecule has 3 amide bonds. The van der Waals surface area contributed by atoms with E-state index in [2.05, 4.69) is 16.0 Å². The van der Waals surface area contributed by atoms with E-state index in [0.29, 0.717) is 19.6 Å². The molecule has 2 rings (SSSR count). The largest absolute Gasteiger partial charge is 0.342 e. The molecule has 7 heteroatoms. The number of nitrogens with one attached hydrogen (secondary N) is 3. The molecule has 24 heavy (non-hydrogen) atoms. The molecular formula is C17H27ClN4O2. The van der Waals surface area contributed by atoms with Crippen molar-refractivity contribution in [3.05, 3.63) is 30.3 Å². The van der Waals surface area contributed by atoms with Gasteiger partial charge in [-0.1, -0.05) is 25.1 Å². The van der Waals surface area contributed by atoms with Crippen LogP contribution in [0.3, 0.4) is 0 Å². The Morgan fingerprint density at radius 1 is 1.21 bits per heavy atom. The number of carbonyl (C=O) groups is 2. The molecule has 1 aromatic rings. The fraction of sp³-hybridized carbons (Fsp3) is 0.529. The van der Waals surface area contributed by atoms with E-state index < -0.39 is 0 Å². The van der Waals surface area contributed by atoms with Crippen molar-refractivity contribution in [3.8, 4) is 0 Å². The minimum absolute atomic E-state index is 0. The molecule has 1 aliphatic rings. The number of urea groups is 1. The molecule has 0 saturated carbocycles. The summed E-state index contributed by atoms with van der Waals surface area (Å²) in [4.78, 5) is 26.1. The van der Waals surface area contributed by atoms with Gasteiger partial charge in [0.1, 0.15) is 0 Å². The summed E-state index contributed by atoms with van der Waals surface area (Å²) in [5.74, 6) is 0.178. The topological polar surface area (TPSA) is 73.5 Å². The molecule has 1 unspecified atom stereocenters. The molecule has 1 saturated heterocycles. The summed E-state index contributed by atoms with van der Waals surface area (Å²) in [6.07, 6.45) is 1.58. The van der Waals surface area contributed by atoms with Crippen LogP contribution in [0.2, 0.25) is 0 Å². The molecule has 134 valence electrons. The van der Waals surface area contributed by atoms with Gasteiger partial charge in [0.2, 0.25) is 5.91 Å². The lowest BCUT2D eigenvalue weighted by Gasteiger charge is -2.34.